The van der Waals surface area contributed by atoms with E-state index in [1.54, 1.807) is 21.3 Å². The maximum atomic E-state index is 5.28. The first-order valence-corrected chi connectivity index (χ1v) is 6.98. The summed E-state index contributed by atoms with van der Waals surface area (Å²) in [6.07, 6.45) is 0.571. The quantitative estimate of drug-likeness (QED) is 0.696. The molecular formula is C15H22ClN3O4. The minimum absolute atomic E-state index is 0. The van der Waals surface area contributed by atoms with Gasteiger partial charge in [-0.2, -0.15) is 4.98 Å². The minimum atomic E-state index is 0. The Morgan fingerprint density at radius 2 is 1.91 bits per heavy atom. The molecule has 1 N–H and O–H groups in total. The van der Waals surface area contributed by atoms with Crippen molar-refractivity contribution in [3.8, 4) is 11.5 Å². The number of nitrogens with one attached hydrogen (secondary N) is 1. The van der Waals surface area contributed by atoms with E-state index in [0.29, 0.717) is 42.8 Å². The van der Waals surface area contributed by atoms with Gasteiger partial charge in [0.15, 0.2) is 17.3 Å². The van der Waals surface area contributed by atoms with Gasteiger partial charge in [0.05, 0.1) is 27.4 Å². The fourth-order valence-corrected chi connectivity index (χ4v) is 1.98. The van der Waals surface area contributed by atoms with Crippen LogP contribution in [0.15, 0.2) is 22.7 Å². The first-order valence-electron chi connectivity index (χ1n) is 6.98. The summed E-state index contributed by atoms with van der Waals surface area (Å²) in [6.45, 7) is 1.92. The fraction of sp³-hybridized carbons (Fsp3) is 0.467. The van der Waals surface area contributed by atoms with Crippen molar-refractivity contribution in [3.05, 3.63) is 35.5 Å². The SMILES string of the molecule is COCCNCc1nc(Cc2ccc(OC)c(OC)c2)no1.Cl. The molecule has 23 heavy (non-hydrogen) atoms. The van der Waals surface area contributed by atoms with E-state index in [4.69, 9.17) is 18.7 Å². The summed E-state index contributed by atoms with van der Waals surface area (Å²) >= 11 is 0. The van der Waals surface area contributed by atoms with Crippen molar-refractivity contribution in [2.24, 2.45) is 0 Å². The molecule has 0 aliphatic rings. The topological polar surface area (TPSA) is 78.6 Å². The molecule has 1 heterocycles. The average Bonchev–Trinajstić information content (AvgIpc) is 2.99. The van der Waals surface area contributed by atoms with Crippen LogP contribution in [-0.2, 0) is 17.7 Å². The van der Waals surface area contributed by atoms with Crippen LogP contribution in [0.1, 0.15) is 17.3 Å². The molecule has 0 fully saturated rings. The Morgan fingerprint density at radius 1 is 1.13 bits per heavy atom. The number of rotatable bonds is 9. The highest BCUT2D eigenvalue weighted by atomic mass is 35.5. The Morgan fingerprint density at radius 3 is 2.61 bits per heavy atom. The lowest BCUT2D eigenvalue weighted by Gasteiger charge is -2.08. The highest BCUT2D eigenvalue weighted by Gasteiger charge is 2.09. The molecule has 0 saturated carbocycles. The van der Waals surface area contributed by atoms with E-state index in [9.17, 15) is 0 Å². The molecule has 1 aromatic carbocycles. The number of aromatic nitrogens is 2. The van der Waals surface area contributed by atoms with Gasteiger partial charge in [-0.1, -0.05) is 11.2 Å². The molecule has 0 atom stereocenters. The summed E-state index contributed by atoms with van der Waals surface area (Å²) in [5.74, 6) is 2.58. The van der Waals surface area contributed by atoms with E-state index >= 15 is 0 Å². The molecule has 0 unspecified atom stereocenters. The van der Waals surface area contributed by atoms with Gasteiger partial charge in [-0.05, 0) is 17.7 Å². The van der Waals surface area contributed by atoms with Gasteiger partial charge in [0.2, 0.25) is 5.89 Å². The van der Waals surface area contributed by atoms with Crippen molar-refractivity contribution in [2.75, 3.05) is 34.5 Å². The van der Waals surface area contributed by atoms with E-state index in [0.717, 1.165) is 12.1 Å². The van der Waals surface area contributed by atoms with Gasteiger partial charge >= 0.3 is 0 Å². The number of nitrogens with zero attached hydrogens (tertiary/aromatic N) is 2. The largest absolute Gasteiger partial charge is 0.493 e. The summed E-state index contributed by atoms with van der Waals surface area (Å²) < 4.78 is 20.7. The molecule has 128 valence electrons. The second kappa shape index (κ2) is 10.0. The molecule has 0 amide bonds. The van der Waals surface area contributed by atoms with Crippen LogP contribution in [0.5, 0.6) is 11.5 Å². The second-order valence-electron chi connectivity index (χ2n) is 4.64. The normalized spacial score (nSPS) is 10.2. The lowest BCUT2D eigenvalue weighted by Crippen LogP contribution is -2.18. The Balaban J connectivity index is 0.00000264. The number of methoxy groups -OCH3 is 3. The summed E-state index contributed by atoms with van der Waals surface area (Å²) in [5, 5.41) is 7.13. The van der Waals surface area contributed by atoms with Gasteiger partial charge in [-0.25, -0.2) is 0 Å². The molecule has 0 aliphatic carbocycles. The highest BCUT2D eigenvalue weighted by molar-refractivity contribution is 5.85. The van der Waals surface area contributed by atoms with E-state index in [-0.39, 0.29) is 12.4 Å². The molecule has 0 spiro atoms. The third-order valence-corrected chi connectivity index (χ3v) is 3.08. The van der Waals surface area contributed by atoms with Crippen LogP contribution in [0, 0.1) is 0 Å². The molecule has 0 aliphatic heterocycles. The molecule has 7 nitrogen and oxygen atoms in total. The summed E-state index contributed by atoms with van der Waals surface area (Å²) in [6, 6.07) is 5.72. The van der Waals surface area contributed by atoms with Crippen LogP contribution in [0.3, 0.4) is 0 Å². The maximum absolute atomic E-state index is 5.28. The molecular weight excluding hydrogens is 322 g/mol. The van der Waals surface area contributed by atoms with Crippen molar-refractivity contribution in [3.63, 3.8) is 0 Å². The van der Waals surface area contributed by atoms with E-state index in [1.807, 2.05) is 18.2 Å². The molecule has 8 heteroatoms. The summed E-state index contributed by atoms with van der Waals surface area (Å²) in [5.41, 5.74) is 1.03. The second-order valence-corrected chi connectivity index (χ2v) is 4.64. The van der Waals surface area contributed by atoms with Crippen LogP contribution in [0.2, 0.25) is 0 Å². The van der Waals surface area contributed by atoms with Gasteiger partial charge in [0.1, 0.15) is 0 Å². The number of ether oxygens (including phenoxy) is 3. The smallest absolute Gasteiger partial charge is 0.240 e. The van der Waals surface area contributed by atoms with E-state index in [1.165, 1.54) is 0 Å². The van der Waals surface area contributed by atoms with Crippen molar-refractivity contribution >= 4 is 12.4 Å². The standard InChI is InChI=1S/C15H21N3O4.ClH/c1-19-7-6-16-10-15-17-14(18-22-15)9-11-4-5-12(20-2)13(8-11)21-3;/h4-5,8,16H,6-7,9-10H2,1-3H3;1H. The monoisotopic (exact) mass is 343 g/mol. The third-order valence-electron chi connectivity index (χ3n) is 3.08. The van der Waals surface area contributed by atoms with Gasteiger partial charge in [-0.3, -0.25) is 0 Å². The zero-order valence-corrected chi connectivity index (χ0v) is 14.3. The molecule has 0 bridgehead atoms. The van der Waals surface area contributed by atoms with Crippen molar-refractivity contribution in [2.45, 2.75) is 13.0 Å². The van der Waals surface area contributed by atoms with E-state index in [2.05, 4.69) is 15.5 Å². The predicted molar refractivity (Wildman–Crippen MR) is 87.5 cm³/mol. The number of halogens is 1. The van der Waals surface area contributed by atoms with Crippen LogP contribution in [-0.4, -0.2) is 44.6 Å². The van der Waals surface area contributed by atoms with E-state index < -0.39 is 0 Å². The zero-order chi connectivity index (χ0) is 15.8. The van der Waals surface area contributed by atoms with Gasteiger partial charge < -0.3 is 24.1 Å². The molecule has 2 rings (SSSR count). The van der Waals surface area contributed by atoms with Crippen LogP contribution in [0.25, 0.3) is 0 Å². The van der Waals surface area contributed by atoms with Crippen LogP contribution >= 0.6 is 12.4 Å². The maximum Gasteiger partial charge on any atom is 0.240 e. The molecule has 0 radical (unpaired) electrons. The Labute approximate surface area is 141 Å². The first kappa shape index (κ1) is 19.2. The zero-order valence-electron chi connectivity index (χ0n) is 13.5. The van der Waals surface area contributed by atoms with Crippen molar-refractivity contribution in [1.29, 1.82) is 0 Å². The third kappa shape index (κ3) is 5.70. The number of hydrogen-bond donors (Lipinski definition) is 1. The summed E-state index contributed by atoms with van der Waals surface area (Å²) in [4.78, 5) is 4.35. The lowest BCUT2D eigenvalue weighted by atomic mass is 10.1. The first-order chi connectivity index (χ1) is 10.8. The van der Waals surface area contributed by atoms with Gasteiger partial charge in [-0.15, -0.1) is 12.4 Å². The molecule has 0 saturated heterocycles. The Hall–Kier alpha value is -1.83. The van der Waals surface area contributed by atoms with Gasteiger partial charge in [0, 0.05) is 20.1 Å². The van der Waals surface area contributed by atoms with Crippen molar-refractivity contribution < 1.29 is 18.7 Å². The Bertz CT molecular complexity index is 592. The number of hydrogen-bond acceptors (Lipinski definition) is 7. The molecule has 2 aromatic rings. The minimum Gasteiger partial charge on any atom is -0.493 e. The van der Waals surface area contributed by atoms with Crippen LogP contribution in [0.4, 0.5) is 0 Å². The highest BCUT2D eigenvalue weighted by Crippen LogP contribution is 2.28. The Kier molecular flexibility index (Phi) is 8.39. The van der Waals surface area contributed by atoms with Crippen molar-refractivity contribution in [1.82, 2.24) is 15.5 Å². The summed E-state index contributed by atoms with van der Waals surface area (Å²) in [7, 11) is 4.88. The lowest BCUT2D eigenvalue weighted by molar-refractivity contribution is 0.197. The van der Waals surface area contributed by atoms with Crippen LogP contribution < -0.4 is 14.8 Å². The molecule has 1 aromatic heterocycles. The average molecular weight is 344 g/mol. The number of benzene rings is 1. The predicted octanol–water partition coefficient (Wildman–Crippen LogP) is 1.84. The van der Waals surface area contributed by atoms with Gasteiger partial charge in [0.25, 0.3) is 0 Å². The fourth-order valence-electron chi connectivity index (χ4n) is 1.98.